The summed E-state index contributed by atoms with van der Waals surface area (Å²) in [7, 11) is -1.14. The van der Waals surface area contributed by atoms with Crippen molar-refractivity contribution in [3.63, 3.8) is 0 Å². The number of nitrogens with one attached hydrogen (secondary N) is 2. The summed E-state index contributed by atoms with van der Waals surface area (Å²) < 4.78 is 13.2. The third-order valence-electron chi connectivity index (χ3n) is 7.79. The van der Waals surface area contributed by atoms with Gasteiger partial charge in [0.05, 0.1) is 11.4 Å². The van der Waals surface area contributed by atoms with Gasteiger partial charge in [-0.1, -0.05) is 57.1 Å². The van der Waals surface area contributed by atoms with Gasteiger partial charge in [0.25, 0.3) is 0 Å². The van der Waals surface area contributed by atoms with Crippen molar-refractivity contribution in [3.05, 3.63) is 65.7 Å². The summed E-state index contributed by atoms with van der Waals surface area (Å²) in [4.78, 5) is 30.3. The topological polar surface area (TPSA) is 107 Å². The monoisotopic (exact) mass is 591 g/mol. The Morgan fingerprint density at radius 2 is 1.79 bits per heavy atom. The second-order valence-corrected chi connectivity index (χ2v) is 18.0. The molecule has 2 heterocycles. The molecule has 1 aromatic carbocycles. The number of ether oxygens (including phenoxy) is 2. The standard InChI is InChI=1S/C32H45N5O4Si/c1-23-29(24(2)37(36-23)22-40-19-20-42(3,4)5)25-14-16-27(17-15-25)34-31(38)30(26-11-7-6-8-12-26)35-32(39)41-21-28-13-9-10-18-33-28/h9-10,13-18,26,30H,6-8,11-12,19-22H2,1-5H3,(H,34,38)(H,35,39)/t30-/m0/s1. The second-order valence-electron chi connectivity index (χ2n) is 12.4. The Kier molecular flexibility index (Phi) is 10.9. The number of aryl methyl sites for hydroxylation is 1. The molecule has 3 aromatic rings. The summed E-state index contributed by atoms with van der Waals surface area (Å²) in [6.45, 7) is 12.3. The summed E-state index contributed by atoms with van der Waals surface area (Å²) in [5, 5.41) is 10.6. The highest BCUT2D eigenvalue weighted by atomic mass is 28.3. The maximum absolute atomic E-state index is 13.5. The molecule has 1 saturated carbocycles. The van der Waals surface area contributed by atoms with Gasteiger partial charge in [-0.05, 0) is 68.5 Å². The number of anilines is 1. The zero-order valence-corrected chi connectivity index (χ0v) is 26.6. The number of carbonyl (C=O) groups excluding carboxylic acids is 2. The smallest absolute Gasteiger partial charge is 0.408 e. The molecule has 0 aliphatic heterocycles. The summed E-state index contributed by atoms with van der Waals surface area (Å²) in [5.41, 5.74) is 5.39. The molecule has 1 aliphatic carbocycles. The number of carbonyl (C=O) groups is 2. The Bertz CT molecular complexity index is 1320. The number of hydrogen-bond acceptors (Lipinski definition) is 6. The molecule has 42 heavy (non-hydrogen) atoms. The second kappa shape index (κ2) is 14.6. The van der Waals surface area contributed by atoms with Crippen LogP contribution in [0.15, 0.2) is 48.7 Å². The number of amides is 2. The van der Waals surface area contributed by atoms with E-state index < -0.39 is 20.2 Å². The van der Waals surface area contributed by atoms with Crippen LogP contribution in [0.5, 0.6) is 0 Å². The number of benzene rings is 1. The Labute approximate surface area is 250 Å². The van der Waals surface area contributed by atoms with Crippen LogP contribution in [-0.4, -0.2) is 47.5 Å². The lowest BCUT2D eigenvalue weighted by atomic mass is 9.83. The van der Waals surface area contributed by atoms with Gasteiger partial charge in [-0.2, -0.15) is 5.10 Å². The van der Waals surface area contributed by atoms with Crippen molar-refractivity contribution in [1.82, 2.24) is 20.1 Å². The van der Waals surface area contributed by atoms with E-state index in [1.54, 1.807) is 18.3 Å². The lowest BCUT2D eigenvalue weighted by Crippen LogP contribution is -2.49. The van der Waals surface area contributed by atoms with Gasteiger partial charge < -0.3 is 20.1 Å². The van der Waals surface area contributed by atoms with E-state index in [-0.39, 0.29) is 18.4 Å². The van der Waals surface area contributed by atoms with Crippen LogP contribution in [0.3, 0.4) is 0 Å². The zero-order chi connectivity index (χ0) is 30.1. The predicted octanol–water partition coefficient (Wildman–Crippen LogP) is 6.69. The molecule has 9 nitrogen and oxygen atoms in total. The number of nitrogens with zero attached hydrogens (tertiary/aromatic N) is 3. The minimum Gasteiger partial charge on any atom is -0.443 e. The quantitative estimate of drug-likeness (QED) is 0.180. The fraction of sp³-hybridized carbons (Fsp3) is 0.500. The lowest BCUT2D eigenvalue weighted by molar-refractivity contribution is -0.119. The van der Waals surface area contributed by atoms with Gasteiger partial charge in [-0.25, -0.2) is 9.48 Å². The van der Waals surface area contributed by atoms with Crippen LogP contribution in [0.4, 0.5) is 10.5 Å². The summed E-state index contributed by atoms with van der Waals surface area (Å²) in [5.74, 6) is -0.176. The van der Waals surface area contributed by atoms with E-state index in [1.165, 1.54) is 0 Å². The van der Waals surface area contributed by atoms with Gasteiger partial charge in [0, 0.05) is 37.8 Å². The molecule has 2 amide bonds. The first-order chi connectivity index (χ1) is 20.1. The van der Waals surface area contributed by atoms with E-state index in [2.05, 4.69) is 42.2 Å². The van der Waals surface area contributed by atoms with Gasteiger partial charge in [-0.3, -0.25) is 9.78 Å². The third kappa shape index (κ3) is 9.00. The fourth-order valence-electron chi connectivity index (χ4n) is 5.37. The van der Waals surface area contributed by atoms with Crippen molar-refractivity contribution in [3.8, 4) is 11.1 Å². The van der Waals surface area contributed by atoms with Crippen molar-refractivity contribution in [1.29, 1.82) is 0 Å². The Hall–Kier alpha value is -3.50. The van der Waals surface area contributed by atoms with Gasteiger partial charge in [0.2, 0.25) is 5.91 Å². The maximum Gasteiger partial charge on any atom is 0.408 e. The fourth-order valence-corrected chi connectivity index (χ4v) is 6.12. The molecule has 1 atom stereocenters. The number of rotatable bonds is 12. The largest absolute Gasteiger partial charge is 0.443 e. The molecule has 226 valence electrons. The molecule has 10 heteroatoms. The molecule has 0 spiro atoms. The van der Waals surface area contributed by atoms with Crippen LogP contribution < -0.4 is 10.6 Å². The summed E-state index contributed by atoms with van der Waals surface area (Å²) in [6, 6.07) is 13.7. The predicted molar refractivity (Wildman–Crippen MR) is 168 cm³/mol. The summed E-state index contributed by atoms with van der Waals surface area (Å²) in [6.07, 6.45) is 6.06. The first-order valence-corrected chi connectivity index (χ1v) is 18.7. The highest BCUT2D eigenvalue weighted by molar-refractivity contribution is 6.76. The Balaban J connectivity index is 1.39. The molecule has 0 radical (unpaired) electrons. The van der Waals surface area contributed by atoms with Crippen LogP contribution in [-0.2, 0) is 27.6 Å². The maximum atomic E-state index is 13.5. The average molecular weight is 592 g/mol. The number of hydrogen-bond donors (Lipinski definition) is 2. The van der Waals surface area contributed by atoms with E-state index >= 15 is 0 Å². The highest BCUT2D eigenvalue weighted by Gasteiger charge is 2.31. The SMILES string of the molecule is Cc1nn(COCC[Si](C)(C)C)c(C)c1-c1ccc(NC(=O)[C@@H](NC(=O)OCc2ccccn2)C2CCCCC2)cc1. The molecule has 2 aromatic heterocycles. The molecular weight excluding hydrogens is 546 g/mol. The molecule has 0 unspecified atom stereocenters. The lowest BCUT2D eigenvalue weighted by Gasteiger charge is -2.29. The van der Waals surface area contributed by atoms with Crippen LogP contribution in [0.25, 0.3) is 11.1 Å². The van der Waals surface area contributed by atoms with Crippen LogP contribution in [0, 0.1) is 19.8 Å². The van der Waals surface area contributed by atoms with E-state index in [4.69, 9.17) is 14.6 Å². The van der Waals surface area contributed by atoms with Crippen molar-refractivity contribution >= 4 is 25.8 Å². The van der Waals surface area contributed by atoms with Gasteiger partial charge in [0.1, 0.15) is 19.4 Å². The minimum atomic E-state index is -1.14. The van der Waals surface area contributed by atoms with Crippen molar-refractivity contribution < 1.29 is 19.1 Å². The first kappa shape index (κ1) is 31.4. The van der Waals surface area contributed by atoms with Crippen molar-refractivity contribution in [2.24, 2.45) is 5.92 Å². The van der Waals surface area contributed by atoms with Gasteiger partial charge >= 0.3 is 6.09 Å². The van der Waals surface area contributed by atoms with Crippen LogP contribution in [0.2, 0.25) is 25.7 Å². The molecule has 4 rings (SSSR count). The van der Waals surface area contributed by atoms with Crippen molar-refractivity contribution in [2.45, 2.75) is 91.0 Å². The normalized spacial score (nSPS) is 14.8. The molecule has 0 bridgehead atoms. The molecule has 0 saturated heterocycles. The van der Waals surface area contributed by atoms with Crippen LogP contribution in [0.1, 0.15) is 49.2 Å². The van der Waals surface area contributed by atoms with E-state index in [0.29, 0.717) is 18.1 Å². The molecule has 2 N–H and O–H groups in total. The van der Waals surface area contributed by atoms with E-state index in [1.807, 2.05) is 41.9 Å². The first-order valence-electron chi connectivity index (χ1n) is 15.0. The average Bonchev–Trinajstić information content (AvgIpc) is 3.26. The third-order valence-corrected chi connectivity index (χ3v) is 9.49. The van der Waals surface area contributed by atoms with Gasteiger partial charge in [0.15, 0.2) is 0 Å². The summed E-state index contributed by atoms with van der Waals surface area (Å²) >= 11 is 0. The number of pyridine rings is 1. The number of alkyl carbamates (subject to hydrolysis) is 1. The van der Waals surface area contributed by atoms with E-state index in [9.17, 15) is 9.59 Å². The van der Waals surface area contributed by atoms with Crippen LogP contribution >= 0.6 is 0 Å². The highest BCUT2D eigenvalue weighted by Crippen LogP contribution is 2.30. The molecule has 1 fully saturated rings. The number of aromatic nitrogens is 3. The van der Waals surface area contributed by atoms with E-state index in [0.717, 1.165) is 67.3 Å². The minimum absolute atomic E-state index is 0.0488. The zero-order valence-electron chi connectivity index (χ0n) is 25.6. The van der Waals surface area contributed by atoms with Gasteiger partial charge in [-0.15, -0.1) is 0 Å². The Morgan fingerprint density at radius 3 is 2.45 bits per heavy atom. The van der Waals surface area contributed by atoms with Crippen molar-refractivity contribution in [2.75, 3.05) is 11.9 Å². The molecule has 1 aliphatic rings. The Morgan fingerprint density at radius 1 is 1.05 bits per heavy atom. The molecular formula is C32H45N5O4Si.